The molecule has 0 unspecified atom stereocenters. The molecule has 0 bridgehead atoms. The average molecular weight is 204 g/mol. The number of nitro groups is 1. The highest BCUT2D eigenvalue weighted by Gasteiger charge is 2.21. The maximum atomic E-state index is 10.6. The van der Waals surface area contributed by atoms with Crippen LogP contribution in [0, 0.1) is 16.7 Å². The van der Waals surface area contributed by atoms with Crippen molar-refractivity contribution in [2.24, 2.45) is 0 Å². The highest BCUT2D eigenvalue weighted by Crippen LogP contribution is 2.34. The van der Waals surface area contributed by atoms with Gasteiger partial charge in [0.25, 0.3) is 5.69 Å². The van der Waals surface area contributed by atoms with Crippen LogP contribution in [0.5, 0.6) is 0 Å². The van der Waals surface area contributed by atoms with Crippen molar-refractivity contribution in [3.63, 3.8) is 0 Å². The van der Waals surface area contributed by atoms with Gasteiger partial charge in [-0.1, -0.05) is 20.8 Å². The van der Waals surface area contributed by atoms with Gasteiger partial charge in [0.1, 0.15) is 0 Å². The van der Waals surface area contributed by atoms with Crippen molar-refractivity contribution in [2.75, 3.05) is 0 Å². The number of nitro benzene ring substituents is 1. The van der Waals surface area contributed by atoms with Crippen molar-refractivity contribution in [2.45, 2.75) is 26.2 Å². The summed E-state index contributed by atoms with van der Waals surface area (Å²) in [4.78, 5) is 13.5. The quantitative estimate of drug-likeness (QED) is 0.399. The second-order valence-corrected chi connectivity index (χ2v) is 4.32. The lowest BCUT2D eigenvalue weighted by atomic mass is 9.85. The van der Waals surface area contributed by atoms with Crippen LogP contribution in [0.25, 0.3) is 4.85 Å². The Morgan fingerprint density at radius 3 is 2.40 bits per heavy atom. The van der Waals surface area contributed by atoms with Gasteiger partial charge >= 0.3 is 0 Å². The summed E-state index contributed by atoms with van der Waals surface area (Å²) in [5.74, 6) is 0. The first kappa shape index (κ1) is 11.2. The molecule has 0 saturated carbocycles. The van der Waals surface area contributed by atoms with Gasteiger partial charge in [-0.2, -0.15) is 0 Å². The number of non-ortho nitro benzene ring substituents is 1. The molecule has 4 nitrogen and oxygen atoms in total. The molecule has 0 aliphatic rings. The zero-order valence-electron chi connectivity index (χ0n) is 8.94. The predicted octanol–water partition coefficient (Wildman–Crippen LogP) is 3.44. The van der Waals surface area contributed by atoms with Crippen LogP contribution < -0.4 is 0 Å². The van der Waals surface area contributed by atoms with E-state index in [1.54, 1.807) is 0 Å². The van der Waals surface area contributed by atoms with Crippen molar-refractivity contribution in [3.8, 4) is 0 Å². The summed E-state index contributed by atoms with van der Waals surface area (Å²) in [5, 5.41) is 10.6. The van der Waals surface area contributed by atoms with E-state index >= 15 is 0 Å². The van der Waals surface area contributed by atoms with Gasteiger partial charge in [0.05, 0.1) is 11.5 Å². The van der Waals surface area contributed by atoms with Crippen molar-refractivity contribution in [3.05, 3.63) is 45.3 Å². The van der Waals surface area contributed by atoms with Crippen LogP contribution >= 0.6 is 0 Å². The zero-order valence-corrected chi connectivity index (χ0v) is 8.94. The second-order valence-electron chi connectivity index (χ2n) is 4.32. The third-order valence-corrected chi connectivity index (χ3v) is 2.12. The molecule has 0 atom stereocenters. The highest BCUT2D eigenvalue weighted by molar-refractivity contribution is 5.59. The minimum atomic E-state index is -0.442. The fraction of sp³-hybridized carbons (Fsp3) is 0.364. The molecule has 0 aliphatic heterocycles. The van der Waals surface area contributed by atoms with Crippen LogP contribution in [0.3, 0.4) is 0 Å². The third-order valence-electron chi connectivity index (χ3n) is 2.12. The van der Waals surface area contributed by atoms with E-state index in [-0.39, 0.29) is 11.1 Å². The van der Waals surface area contributed by atoms with E-state index in [1.807, 2.05) is 20.8 Å². The van der Waals surface area contributed by atoms with Crippen LogP contribution in [0.15, 0.2) is 18.2 Å². The third kappa shape index (κ3) is 2.32. The Hall–Kier alpha value is -1.89. The molecule has 4 heteroatoms. The Balaban J connectivity index is 3.40. The molecule has 0 N–H and O–H groups in total. The summed E-state index contributed by atoms with van der Waals surface area (Å²) >= 11 is 0. The number of nitrogens with zero attached hydrogens (tertiary/aromatic N) is 2. The molecule has 1 aromatic carbocycles. The average Bonchev–Trinajstić information content (AvgIpc) is 2.15. The zero-order chi connectivity index (χ0) is 11.6. The van der Waals surface area contributed by atoms with Crippen molar-refractivity contribution >= 4 is 11.4 Å². The highest BCUT2D eigenvalue weighted by atomic mass is 16.6. The van der Waals surface area contributed by atoms with E-state index < -0.39 is 4.92 Å². The molecule has 0 amide bonds. The van der Waals surface area contributed by atoms with Gasteiger partial charge in [0.2, 0.25) is 0 Å². The molecule has 1 aromatic rings. The van der Waals surface area contributed by atoms with E-state index in [4.69, 9.17) is 6.57 Å². The van der Waals surface area contributed by atoms with Crippen molar-refractivity contribution in [1.29, 1.82) is 0 Å². The summed E-state index contributed by atoms with van der Waals surface area (Å²) in [6.07, 6.45) is 0. The largest absolute Gasteiger partial charge is 0.267 e. The number of benzene rings is 1. The number of hydrogen-bond acceptors (Lipinski definition) is 2. The van der Waals surface area contributed by atoms with Crippen LogP contribution in [0.2, 0.25) is 0 Å². The summed E-state index contributed by atoms with van der Waals surface area (Å²) in [5.41, 5.74) is 0.971. The van der Waals surface area contributed by atoms with Gasteiger partial charge in [-0.05, 0) is 17.0 Å². The van der Waals surface area contributed by atoms with Gasteiger partial charge < -0.3 is 0 Å². The summed E-state index contributed by atoms with van der Waals surface area (Å²) in [6.45, 7) is 12.8. The summed E-state index contributed by atoms with van der Waals surface area (Å²) in [6, 6.07) is 4.35. The molecule has 0 aliphatic carbocycles. The van der Waals surface area contributed by atoms with Crippen molar-refractivity contribution in [1.82, 2.24) is 0 Å². The maximum Gasteiger partial charge on any atom is 0.267 e. The van der Waals surface area contributed by atoms with E-state index in [0.717, 1.165) is 0 Å². The fourth-order valence-corrected chi connectivity index (χ4v) is 1.34. The van der Waals surface area contributed by atoms with Gasteiger partial charge in [0.15, 0.2) is 5.69 Å². The molecule has 0 radical (unpaired) electrons. The standard InChI is InChI=1S/C11H12N2O2/c1-11(2,3)9-7-8(13(14)15)5-6-10(9)12-4/h5-7H,1-3H3. The molecule has 0 spiro atoms. The smallest absolute Gasteiger partial charge is 0.258 e. The Morgan fingerprint density at radius 2 is 2.00 bits per heavy atom. The molecule has 0 fully saturated rings. The molecule has 78 valence electrons. The topological polar surface area (TPSA) is 47.5 Å². The van der Waals surface area contributed by atoms with Crippen molar-refractivity contribution < 1.29 is 4.92 Å². The SMILES string of the molecule is [C-]#[N+]c1ccc([N+](=O)[O-])cc1C(C)(C)C. The Labute approximate surface area is 88.5 Å². The Bertz CT molecular complexity index is 439. The molecule has 0 saturated heterocycles. The first-order chi connectivity index (χ1) is 6.86. The lowest BCUT2D eigenvalue weighted by Gasteiger charge is -2.20. The maximum absolute atomic E-state index is 10.6. The first-order valence-corrected chi connectivity index (χ1v) is 4.52. The van der Waals surface area contributed by atoms with Crippen LogP contribution in [0.4, 0.5) is 11.4 Å². The molecular weight excluding hydrogens is 192 g/mol. The Kier molecular flexibility index (Phi) is 2.76. The van der Waals surface area contributed by atoms with Crippen LogP contribution in [-0.4, -0.2) is 4.92 Å². The van der Waals surface area contributed by atoms with Gasteiger partial charge in [-0.15, -0.1) is 0 Å². The second kappa shape index (κ2) is 3.70. The van der Waals surface area contributed by atoms with Crippen LogP contribution in [0.1, 0.15) is 26.3 Å². The first-order valence-electron chi connectivity index (χ1n) is 4.52. The van der Waals surface area contributed by atoms with Gasteiger partial charge in [-0.25, -0.2) is 4.85 Å². The van der Waals surface area contributed by atoms with Gasteiger partial charge in [-0.3, -0.25) is 10.1 Å². The normalized spacial score (nSPS) is 10.8. The lowest BCUT2D eigenvalue weighted by molar-refractivity contribution is -0.384. The summed E-state index contributed by atoms with van der Waals surface area (Å²) in [7, 11) is 0. The molecular formula is C11H12N2O2. The minimum Gasteiger partial charge on any atom is -0.258 e. The fourth-order valence-electron chi connectivity index (χ4n) is 1.34. The Morgan fingerprint density at radius 1 is 1.40 bits per heavy atom. The van der Waals surface area contributed by atoms with Gasteiger partial charge in [0, 0.05) is 12.1 Å². The van der Waals surface area contributed by atoms with E-state index in [0.29, 0.717) is 11.3 Å². The predicted molar refractivity (Wildman–Crippen MR) is 58.1 cm³/mol. The number of hydrogen-bond donors (Lipinski definition) is 0. The molecule has 1 rings (SSSR count). The van der Waals surface area contributed by atoms with E-state index in [9.17, 15) is 10.1 Å². The lowest BCUT2D eigenvalue weighted by Crippen LogP contribution is -2.11. The van der Waals surface area contributed by atoms with Crippen LogP contribution in [-0.2, 0) is 5.41 Å². The van der Waals surface area contributed by atoms with E-state index in [1.165, 1.54) is 18.2 Å². The minimum absolute atomic E-state index is 0.0346. The molecule has 15 heavy (non-hydrogen) atoms. The monoisotopic (exact) mass is 204 g/mol. The number of rotatable bonds is 1. The molecule has 0 heterocycles. The molecule has 0 aromatic heterocycles. The summed E-state index contributed by atoms with van der Waals surface area (Å²) < 4.78 is 0. The van der Waals surface area contributed by atoms with E-state index in [2.05, 4.69) is 4.85 Å².